The van der Waals surface area contributed by atoms with E-state index >= 15 is 0 Å². The van der Waals surface area contributed by atoms with E-state index in [2.05, 4.69) is 53.8 Å². The lowest BCUT2D eigenvalue weighted by molar-refractivity contribution is -0.0703. The van der Waals surface area contributed by atoms with Gasteiger partial charge in [-0.25, -0.2) is 0 Å². The van der Waals surface area contributed by atoms with Crippen molar-refractivity contribution < 1.29 is 9.84 Å². The van der Waals surface area contributed by atoms with Crippen LogP contribution >= 0.6 is 0 Å². The monoisotopic (exact) mass is 257 g/mol. The molecule has 2 unspecified atom stereocenters. The van der Waals surface area contributed by atoms with Crippen molar-refractivity contribution in [3.8, 4) is 0 Å². The maximum absolute atomic E-state index is 10.0. The molecule has 1 rings (SSSR count). The molecule has 0 amide bonds. The average molecular weight is 257 g/mol. The summed E-state index contributed by atoms with van der Waals surface area (Å²) in [4.78, 5) is 0. The largest absolute Gasteiger partial charge is 0.392 e. The summed E-state index contributed by atoms with van der Waals surface area (Å²) in [6.45, 7) is 15.6. The molecule has 1 aliphatic rings. The third-order valence-electron chi connectivity index (χ3n) is 3.52. The minimum Gasteiger partial charge on any atom is -0.392 e. The van der Waals surface area contributed by atoms with E-state index in [1.807, 2.05) is 0 Å². The van der Waals surface area contributed by atoms with Crippen LogP contribution in [0, 0.1) is 5.41 Å². The van der Waals surface area contributed by atoms with Gasteiger partial charge in [0.1, 0.15) is 0 Å². The van der Waals surface area contributed by atoms with Crippen LogP contribution in [0.3, 0.4) is 0 Å². The first-order valence-corrected chi connectivity index (χ1v) is 7.03. The topological polar surface area (TPSA) is 41.5 Å². The highest BCUT2D eigenvalue weighted by atomic mass is 16.5. The predicted molar refractivity (Wildman–Crippen MR) is 75.7 cm³/mol. The van der Waals surface area contributed by atoms with Gasteiger partial charge in [-0.15, -0.1) is 0 Å². The van der Waals surface area contributed by atoms with Crippen molar-refractivity contribution in [2.45, 2.75) is 84.7 Å². The molecule has 1 heterocycles. The lowest BCUT2D eigenvalue weighted by atomic mass is 9.88. The van der Waals surface area contributed by atoms with Gasteiger partial charge in [-0.2, -0.15) is 0 Å². The summed E-state index contributed by atoms with van der Waals surface area (Å²) in [5, 5.41) is 13.5. The summed E-state index contributed by atoms with van der Waals surface area (Å²) in [5.74, 6) is 0. The molecule has 1 fully saturated rings. The van der Waals surface area contributed by atoms with Crippen molar-refractivity contribution in [2.75, 3.05) is 6.54 Å². The van der Waals surface area contributed by atoms with Gasteiger partial charge in [-0.05, 0) is 46.0 Å². The first-order chi connectivity index (χ1) is 7.91. The Morgan fingerprint density at radius 2 is 1.83 bits per heavy atom. The van der Waals surface area contributed by atoms with E-state index in [4.69, 9.17) is 4.74 Å². The Labute approximate surface area is 112 Å². The molecule has 2 N–H and O–H groups in total. The first kappa shape index (κ1) is 15.9. The Morgan fingerprint density at radius 3 is 2.22 bits per heavy atom. The molecule has 0 aliphatic carbocycles. The lowest BCUT2D eigenvalue weighted by Gasteiger charge is -2.29. The predicted octanol–water partition coefficient (Wildman–Crippen LogP) is 2.72. The third-order valence-corrected chi connectivity index (χ3v) is 3.52. The molecular formula is C15H31NO2. The highest BCUT2D eigenvalue weighted by Gasteiger charge is 2.45. The average Bonchev–Trinajstić information content (AvgIpc) is 2.27. The number of ether oxygens (including phenoxy) is 1. The van der Waals surface area contributed by atoms with Crippen LogP contribution in [0.15, 0.2) is 0 Å². The molecule has 0 aromatic heterocycles. The molecule has 3 nitrogen and oxygen atoms in total. The number of rotatable bonds is 4. The summed E-state index contributed by atoms with van der Waals surface area (Å²) in [6, 6.07) is 0.308. The maximum atomic E-state index is 10.0. The van der Waals surface area contributed by atoms with E-state index in [0.717, 1.165) is 12.8 Å². The molecule has 0 bridgehead atoms. The molecule has 0 saturated carbocycles. The van der Waals surface area contributed by atoms with Crippen LogP contribution in [0.4, 0.5) is 0 Å². The zero-order valence-electron chi connectivity index (χ0n) is 13.1. The van der Waals surface area contributed by atoms with Crippen LogP contribution in [0.5, 0.6) is 0 Å². The van der Waals surface area contributed by atoms with E-state index < -0.39 is 0 Å². The fourth-order valence-corrected chi connectivity index (χ4v) is 2.94. The number of hydrogen-bond donors (Lipinski definition) is 2. The fourth-order valence-electron chi connectivity index (χ4n) is 2.94. The Balaban J connectivity index is 2.44. The van der Waals surface area contributed by atoms with Crippen molar-refractivity contribution >= 4 is 0 Å². The number of aliphatic hydroxyl groups is 1. The van der Waals surface area contributed by atoms with Gasteiger partial charge in [-0.3, -0.25) is 0 Å². The number of nitrogens with one attached hydrogen (secondary N) is 1. The second kappa shape index (κ2) is 5.10. The van der Waals surface area contributed by atoms with Gasteiger partial charge in [0.2, 0.25) is 0 Å². The molecule has 2 atom stereocenters. The Hall–Kier alpha value is -0.120. The van der Waals surface area contributed by atoms with Gasteiger partial charge >= 0.3 is 0 Å². The summed E-state index contributed by atoms with van der Waals surface area (Å²) >= 11 is 0. The molecule has 1 saturated heterocycles. The first-order valence-electron chi connectivity index (χ1n) is 7.03. The maximum Gasteiger partial charge on any atom is 0.0787 e. The second-order valence-electron chi connectivity index (χ2n) is 8.05. The Morgan fingerprint density at radius 1 is 1.28 bits per heavy atom. The zero-order chi connectivity index (χ0) is 14.2. The van der Waals surface area contributed by atoms with Crippen molar-refractivity contribution in [3.05, 3.63) is 0 Å². The molecular weight excluding hydrogens is 226 g/mol. The summed E-state index contributed by atoms with van der Waals surface area (Å²) in [5.41, 5.74) is -0.0663. The molecule has 1 aliphatic heterocycles. The van der Waals surface area contributed by atoms with Gasteiger partial charge in [0.05, 0.1) is 17.3 Å². The smallest absolute Gasteiger partial charge is 0.0787 e. The summed E-state index contributed by atoms with van der Waals surface area (Å²) in [7, 11) is 0. The zero-order valence-corrected chi connectivity index (χ0v) is 13.1. The Bertz CT molecular complexity index is 279. The van der Waals surface area contributed by atoms with Crippen LogP contribution in [0.25, 0.3) is 0 Å². The summed E-state index contributed by atoms with van der Waals surface area (Å²) in [6.07, 6.45) is 1.52. The highest BCUT2D eigenvalue weighted by molar-refractivity contribution is 4.99. The van der Waals surface area contributed by atoms with Crippen LogP contribution in [0.1, 0.15) is 61.3 Å². The van der Waals surface area contributed by atoms with Crippen LogP contribution in [-0.4, -0.2) is 35.0 Å². The fraction of sp³-hybridized carbons (Fsp3) is 1.00. The molecule has 0 aromatic rings. The minimum absolute atomic E-state index is 0.0733. The van der Waals surface area contributed by atoms with Crippen molar-refractivity contribution in [2.24, 2.45) is 5.41 Å². The standard InChI is InChI=1S/C15H31NO2/c1-13(2,3)8-11(17)10-16-12-9-14(4,5)18-15(12,6)7/h11-12,16-17H,8-10H2,1-7H3. The van der Waals surface area contributed by atoms with Crippen LogP contribution in [-0.2, 0) is 4.74 Å². The SMILES string of the molecule is CC(C)(C)CC(O)CNC1CC(C)(C)OC1(C)C. The quantitative estimate of drug-likeness (QED) is 0.813. The van der Waals surface area contributed by atoms with E-state index in [0.29, 0.717) is 12.6 Å². The highest BCUT2D eigenvalue weighted by Crippen LogP contribution is 2.37. The minimum atomic E-state index is -0.287. The molecule has 0 aromatic carbocycles. The lowest BCUT2D eigenvalue weighted by Crippen LogP contribution is -2.46. The molecule has 18 heavy (non-hydrogen) atoms. The van der Waals surface area contributed by atoms with Gasteiger partial charge < -0.3 is 15.2 Å². The van der Waals surface area contributed by atoms with E-state index in [9.17, 15) is 5.11 Å². The van der Waals surface area contributed by atoms with E-state index in [1.165, 1.54) is 0 Å². The Kier molecular flexibility index (Phi) is 4.52. The number of hydrogen-bond acceptors (Lipinski definition) is 3. The van der Waals surface area contributed by atoms with Crippen molar-refractivity contribution in [1.29, 1.82) is 0 Å². The third kappa shape index (κ3) is 4.87. The van der Waals surface area contributed by atoms with Crippen LogP contribution in [0.2, 0.25) is 0 Å². The van der Waals surface area contributed by atoms with Crippen molar-refractivity contribution in [3.63, 3.8) is 0 Å². The van der Waals surface area contributed by atoms with Gasteiger partial charge in [0.25, 0.3) is 0 Å². The normalized spacial score (nSPS) is 28.3. The van der Waals surface area contributed by atoms with E-state index in [-0.39, 0.29) is 22.7 Å². The molecule has 0 spiro atoms. The van der Waals surface area contributed by atoms with Gasteiger partial charge in [-0.1, -0.05) is 20.8 Å². The molecule has 0 radical (unpaired) electrons. The summed E-state index contributed by atoms with van der Waals surface area (Å²) < 4.78 is 6.04. The number of aliphatic hydroxyl groups excluding tert-OH is 1. The molecule has 108 valence electrons. The van der Waals surface area contributed by atoms with E-state index in [1.54, 1.807) is 0 Å². The van der Waals surface area contributed by atoms with Gasteiger partial charge in [0.15, 0.2) is 0 Å². The van der Waals surface area contributed by atoms with Crippen molar-refractivity contribution in [1.82, 2.24) is 5.32 Å². The van der Waals surface area contributed by atoms with Crippen LogP contribution < -0.4 is 5.32 Å². The van der Waals surface area contributed by atoms with Gasteiger partial charge in [0, 0.05) is 12.6 Å². The second-order valence-corrected chi connectivity index (χ2v) is 8.05. The molecule has 3 heteroatoms.